The molecule has 7 nitrogen and oxygen atoms in total. The first kappa shape index (κ1) is 19.8. The number of para-hydroxylation sites is 1. The van der Waals surface area contributed by atoms with E-state index in [0.29, 0.717) is 30.5 Å². The Hall–Kier alpha value is -2.45. The predicted molar refractivity (Wildman–Crippen MR) is 114 cm³/mol. The molecule has 0 spiro atoms. The summed E-state index contributed by atoms with van der Waals surface area (Å²) >= 11 is 1.50. The van der Waals surface area contributed by atoms with Gasteiger partial charge in [-0.05, 0) is 51.8 Å². The topological polar surface area (TPSA) is 69.5 Å². The molecule has 154 valence electrons. The van der Waals surface area contributed by atoms with E-state index >= 15 is 0 Å². The van der Waals surface area contributed by atoms with Gasteiger partial charge in [0.05, 0.1) is 29.6 Å². The van der Waals surface area contributed by atoms with Crippen molar-refractivity contribution in [3.63, 3.8) is 0 Å². The van der Waals surface area contributed by atoms with E-state index in [-0.39, 0.29) is 12.0 Å². The summed E-state index contributed by atoms with van der Waals surface area (Å²) in [6.45, 7) is 8.27. The summed E-state index contributed by atoms with van der Waals surface area (Å²) in [4.78, 5) is 20.1. The van der Waals surface area contributed by atoms with Gasteiger partial charge in [0, 0.05) is 13.2 Å². The van der Waals surface area contributed by atoms with Crippen LogP contribution in [-0.4, -0.2) is 46.5 Å². The lowest BCUT2D eigenvalue weighted by molar-refractivity contribution is 0.0908. The molecule has 1 aromatic carbocycles. The van der Waals surface area contributed by atoms with Gasteiger partial charge in [0.2, 0.25) is 0 Å². The number of hydrogen-bond acceptors (Lipinski definition) is 6. The fraction of sp³-hybridized carbons (Fsp3) is 0.476. The van der Waals surface area contributed by atoms with Gasteiger partial charge in [0.1, 0.15) is 17.0 Å². The van der Waals surface area contributed by atoms with E-state index in [0.717, 1.165) is 41.1 Å². The molecule has 3 heterocycles. The molecule has 4 rings (SSSR count). The van der Waals surface area contributed by atoms with Gasteiger partial charge in [-0.2, -0.15) is 5.10 Å². The third kappa shape index (κ3) is 4.00. The summed E-state index contributed by atoms with van der Waals surface area (Å²) in [5.41, 5.74) is 2.20. The third-order valence-electron chi connectivity index (χ3n) is 4.98. The fourth-order valence-electron chi connectivity index (χ4n) is 3.64. The summed E-state index contributed by atoms with van der Waals surface area (Å²) in [5.74, 6) is 0.645. The molecule has 1 atom stereocenters. The molecule has 8 heteroatoms. The van der Waals surface area contributed by atoms with Crippen molar-refractivity contribution in [1.29, 1.82) is 0 Å². The predicted octanol–water partition coefficient (Wildman–Crippen LogP) is 4.05. The molecule has 1 amide bonds. The van der Waals surface area contributed by atoms with Gasteiger partial charge >= 0.3 is 0 Å². The highest BCUT2D eigenvalue weighted by atomic mass is 32.1. The van der Waals surface area contributed by atoms with Crippen LogP contribution in [0, 0.1) is 6.92 Å². The van der Waals surface area contributed by atoms with Gasteiger partial charge in [-0.15, -0.1) is 0 Å². The molecule has 2 aromatic heterocycles. The zero-order valence-corrected chi connectivity index (χ0v) is 17.9. The van der Waals surface area contributed by atoms with Gasteiger partial charge in [-0.25, -0.2) is 4.98 Å². The molecule has 1 aliphatic rings. The molecule has 0 bridgehead atoms. The number of fused-ring (bicyclic) bond motifs is 1. The number of anilines is 1. The van der Waals surface area contributed by atoms with E-state index in [1.165, 1.54) is 11.3 Å². The average Bonchev–Trinajstić information content (AvgIpc) is 3.45. The second kappa shape index (κ2) is 8.51. The van der Waals surface area contributed by atoms with Crippen LogP contribution < -0.4 is 9.64 Å². The van der Waals surface area contributed by atoms with Gasteiger partial charge in [-0.1, -0.05) is 17.4 Å². The highest BCUT2D eigenvalue weighted by Gasteiger charge is 2.29. The Morgan fingerprint density at radius 3 is 3.00 bits per heavy atom. The first-order valence-electron chi connectivity index (χ1n) is 10.1. The van der Waals surface area contributed by atoms with Crippen molar-refractivity contribution in [2.24, 2.45) is 0 Å². The van der Waals surface area contributed by atoms with Crippen LogP contribution in [0.4, 0.5) is 5.13 Å². The second-order valence-corrected chi connectivity index (χ2v) is 8.08. The maximum absolute atomic E-state index is 13.6. The van der Waals surface area contributed by atoms with Crippen molar-refractivity contribution in [2.75, 3.05) is 24.7 Å². The number of benzene rings is 1. The lowest BCUT2D eigenvalue weighted by atomic mass is 10.2. The zero-order chi connectivity index (χ0) is 20.4. The lowest BCUT2D eigenvalue weighted by Gasteiger charge is -2.23. The van der Waals surface area contributed by atoms with Gasteiger partial charge in [0.15, 0.2) is 5.13 Å². The summed E-state index contributed by atoms with van der Waals surface area (Å²) < 4.78 is 14.3. The third-order valence-corrected chi connectivity index (χ3v) is 6.02. The Morgan fingerprint density at radius 1 is 1.41 bits per heavy atom. The van der Waals surface area contributed by atoms with Crippen LogP contribution in [0.5, 0.6) is 5.75 Å². The standard InChI is InChI=1S/C21H26N4O3S/c1-4-25-16(12-14(3)23-25)20(26)24(13-15-8-7-11-28-15)21-22-19-17(27-5-2)9-6-10-18(19)29-21/h6,9-10,12,15H,4-5,7-8,11,13H2,1-3H3. The lowest BCUT2D eigenvalue weighted by Crippen LogP contribution is -2.38. The highest BCUT2D eigenvalue weighted by molar-refractivity contribution is 7.22. The highest BCUT2D eigenvalue weighted by Crippen LogP contribution is 2.35. The van der Waals surface area contributed by atoms with E-state index < -0.39 is 0 Å². The second-order valence-electron chi connectivity index (χ2n) is 7.07. The number of aryl methyl sites for hydroxylation is 2. The van der Waals surface area contributed by atoms with E-state index in [1.807, 2.05) is 45.0 Å². The largest absolute Gasteiger partial charge is 0.492 e. The molecular weight excluding hydrogens is 388 g/mol. The molecule has 3 aromatic rings. The number of carbonyl (C=O) groups is 1. The Kier molecular flexibility index (Phi) is 5.82. The van der Waals surface area contributed by atoms with Gasteiger partial charge < -0.3 is 9.47 Å². The van der Waals surface area contributed by atoms with Gasteiger partial charge in [-0.3, -0.25) is 14.4 Å². The number of thiazole rings is 1. The minimum atomic E-state index is -0.0973. The Bertz CT molecular complexity index is 1010. The van der Waals surface area contributed by atoms with Gasteiger partial charge in [0.25, 0.3) is 5.91 Å². The first-order chi connectivity index (χ1) is 14.1. The molecule has 29 heavy (non-hydrogen) atoms. The molecule has 0 N–H and O–H groups in total. The number of ether oxygens (including phenoxy) is 2. The van der Waals surface area contributed by atoms with Crippen LogP contribution in [0.1, 0.15) is 42.9 Å². The maximum atomic E-state index is 13.6. The van der Waals surface area contributed by atoms with E-state index in [4.69, 9.17) is 14.5 Å². The zero-order valence-electron chi connectivity index (χ0n) is 17.1. The van der Waals surface area contributed by atoms with Crippen molar-refractivity contribution in [3.05, 3.63) is 35.7 Å². The van der Waals surface area contributed by atoms with Crippen LogP contribution in [0.15, 0.2) is 24.3 Å². The number of rotatable bonds is 7. The van der Waals surface area contributed by atoms with Crippen molar-refractivity contribution in [3.8, 4) is 5.75 Å². The molecule has 0 aliphatic carbocycles. The quantitative estimate of drug-likeness (QED) is 0.583. The normalized spacial score (nSPS) is 16.4. The van der Waals surface area contributed by atoms with Crippen molar-refractivity contribution in [2.45, 2.75) is 46.3 Å². The van der Waals surface area contributed by atoms with E-state index in [1.54, 1.807) is 9.58 Å². The minimum absolute atomic E-state index is 0.0245. The maximum Gasteiger partial charge on any atom is 0.278 e. The fourth-order valence-corrected chi connectivity index (χ4v) is 4.63. The van der Waals surface area contributed by atoms with Crippen molar-refractivity contribution < 1.29 is 14.3 Å². The molecule has 1 fully saturated rings. The monoisotopic (exact) mass is 414 g/mol. The van der Waals surface area contributed by atoms with E-state index in [2.05, 4.69) is 5.10 Å². The Morgan fingerprint density at radius 2 is 2.28 bits per heavy atom. The Balaban J connectivity index is 1.75. The van der Waals surface area contributed by atoms with Crippen LogP contribution in [-0.2, 0) is 11.3 Å². The molecule has 0 radical (unpaired) electrons. The summed E-state index contributed by atoms with van der Waals surface area (Å²) in [6.07, 6.45) is 1.99. The van der Waals surface area contributed by atoms with Crippen molar-refractivity contribution in [1.82, 2.24) is 14.8 Å². The number of hydrogen-bond donors (Lipinski definition) is 0. The minimum Gasteiger partial charge on any atom is -0.492 e. The molecule has 0 saturated carbocycles. The van der Waals surface area contributed by atoms with Crippen LogP contribution in [0.2, 0.25) is 0 Å². The molecule has 1 aliphatic heterocycles. The van der Waals surface area contributed by atoms with Crippen LogP contribution in [0.25, 0.3) is 10.2 Å². The van der Waals surface area contributed by atoms with E-state index in [9.17, 15) is 4.79 Å². The summed E-state index contributed by atoms with van der Waals surface area (Å²) in [5, 5.41) is 5.10. The first-order valence-corrected chi connectivity index (χ1v) is 10.9. The average molecular weight is 415 g/mol. The molecular formula is C21H26N4O3S. The smallest absolute Gasteiger partial charge is 0.278 e. The number of aromatic nitrogens is 3. The number of carbonyl (C=O) groups excluding carboxylic acids is 1. The summed E-state index contributed by atoms with van der Waals surface area (Å²) in [6, 6.07) is 7.72. The number of amides is 1. The molecule has 1 unspecified atom stereocenters. The summed E-state index contributed by atoms with van der Waals surface area (Å²) in [7, 11) is 0. The Labute approximate surface area is 174 Å². The van der Waals surface area contributed by atoms with Crippen molar-refractivity contribution >= 4 is 32.6 Å². The van der Waals surface area contributed by atoms with Crippen LogP contribution >= 0.6 is 11.3 Å². The SMILES string of the molecule is CCOc1cccc2sc(N(CC3CCCO3)C(=O)c3cc(C)nn3CC)nc12. The van der Waals surface area contributed by atoms with Crippen LogP contribution in [0.3, 0.4) is 0 Å². The molecule has 1 saturated heterocycles. The number of nitrogens with zero attached hydrogens (tertiary/aromatic N) is 4.